The number of aromatic nitrogens is 1. The van der Waals surface area contributed by atoms with E-state index in [-0.39, 0.29) is 6.03 Å². The van der Waals surface area contributed by atoms with E-state index >= 15 is 0 Å². The highest BCUT2D eigenvalue weighted by Crippen LogP contribution is 2.10. The van der Waals surface area contributed by atoms with Crippen LogP contribution in [0.2, 0.25) is 0 Å². The Kier molecular flexibility index (Phi) is 5.62. The molecule has 1 atom stereocenters. The van der Waals surface area contributed by atoms with Crippen molar-refractivity contribution < 1.29 is 4.79 Å². The van der Waals surface area contributed by atoms with Crippen LogP contribution in [0.25, 0.3) is 0 Å². The number of pyridine rings is 1. The van der Waals surface area contributed by atoms with Gasteiger partial charge in [0.2, 0.25) is 0 Å². The first-order valence-corrected chi connectivity index (χ1v) is 6.89. The number of nitrogens with zero attached hydrogens (tertiary/aromatic N) is 1. The summed E-state index contributed by atoms with van der Waals surface area (Å²) in [6, 6.07) is 3.34. The van der Waals surface area contributed by atoms with E-state index in [4.69, 9.17) is 0 Å². The standard InChI is InChI=1S/C10H14BrN3OS/c1-7(16-2)5-13-10(15)14-9-4-3-8(11)6-12-9/h3-4,6-7H,5H2,1-2H3,(H2,12,13,14,15)/t7-/m0/s1. The third kappa shape index (κ3) is 4.85. The van der Waals surface area contributed by atoms with Crippen molar-refractivity contribution in [3.05, 3.63) is 22.8 Å². The zero-order valence-electron chi connectivity index (χ0n) is 9.16. The smallest absolute Gasteiger partial charge is 0.320 e. The highest BCUT2D eigenvalue weighted by molar-refractivity contribution is 9.10. The van der Waals surface area contributed by atoms with Crippen LogP contribution in [-0.4, -0.2) is 29.1 Å². The van der Waals surface area contributed by atoms with Crippen LogP contribution < -0.4 is 10.6 Å². The predicted octanol–water partition coefficient (Wildman–Crippen LogP) is 2.72. The maximum Gasteiger partial charge on any atom is 0.320 e. The molecule has 0 radical (unpaired) electrons. The molecule has 1 aromatic rings. The van der Waals surface area contributed by atoms with Gasteiger partial charge in [0.1, 0.15) is 5.82 Å². The maximum atomic E-state index is 11.4. The molecule has 1 heterocycles. The molecule has 2 amide bonds. The number of hydrogen-bond acceptors (Lipinski definition) is 3. The Morgan fingerprint density at radius 2 is 2.38 bits per heavy atom. The van der Waals surface area contributed by atoms with Crippen LogP contribution in [0.15, 0.2) is 22.8 Å². The lowest BCUT2D eigenvalue weighted by molar-refractivity contribution is 0.252. The third-order valence-electron chi connectivity index (χ3n) is 1.92. The fourth-order valence-electron chi connectivity index (χ4n) is 0.930. The van der Waals surface area contributed by atoms with Gasteiger partial charge in [-0.1, -0.05) is 6.92 Å². The van der Waals surface area contributed by atoms with E-state index in [1.54, 1.807) is 24.0 Å². The van der Waals surface area contributed by atoms with Crippen molar-refractivity contribution in [1.29, 1.82) is 0 Å². The Balaban J connectivity index is 2.37. The van der Waals surface area contributed by atoms with Gasteiger partial charge >= 0.3 is 6.03 Å². The average Bonchev–Trinajstić information content (AvgIpc) is 2.29. The maximum absolute atomic E-state index is 11.4. The van der Waals surface area contributed by atoms with Crippen molar-refractivity contribution >= 4 is 39.5 Å². The summed E-state index contributed by atoms with van der Waals surface area (Å²) in [7, 11) is 0. The van der Waals surface area contributed by atoms with E-state index in [0.717, 1.165) is 4.47 Å². The van der Waals surface area contributed by atoms with E-state index in [0.29, 0.717) is 17.6 Å². The first-order chi connectivity index (χ1) is 7.61. The zero-order valence-corrected chi connectivity index (χ0v) is 11.6. The Morgan fingerprint density at radius 3 is 2.94 bits per heavy atom. The molecule has 0 aliphatic rings. The first kappa shape index (κ1) is 13.3. The second kappa shape index (κ2) is 6.75. The van der Waals surface area contributed by atoms with E-state index < -0.39 is 0 Å². The molecule has 88 valence electrons. The molecule has 0 fully saturated rings. The van der Waals surface area contributed by atoms with Crippen LogP contribution in [0.5, 0.6) is 0 Å². The van der Waals surface area contributed by atoms with Crippen LogP contribution in [0.3, 0.4) is 0 Å². The number of carbonyl (C=O) groups excluding carboxylic acids is 1. The average molecular weight is 304 g/mol. The topological polar surface area (TPSA) is 54.0 Å². The molecule has 1 aromatic heterocycles. The molecule has 0 aliphatic heterocycles. The van der Waals surface area contributed by atoms with Crippen molar-refractivity contribution in [2.75, 3.05) is 18.1 Å². The number of rotatable bonds is 4. The molecule has 0 spiro atoms. The van der Waals surface area contributed by atoms with Gasteiger partial charge in [-0.15, -0.1) is 0 Å². The number of anilines is 1. The zero-order chi connectivity index (χ0) is 12.0. The van der Waals surface area contributed by atoms with E-state index in [1.807, 2.05) is 12.3 Å². The molecule has 4 nitrogen and oxygen atoms in total. The quantitative estimate of drug-likeness (QED) is 0.899. The molecule has 0 saturated carbocycles. The van der Waals surface area contributed by atoms with Gasteiger partial charge in [0.05, 0.1) is 0 Å². The van der Waals surface area contributed by atoms with Gasteiger partial charge in [-0.05, 0) is 34.3 Å². The molecule has 16 heavy (non-hydrogen) atoms. The summed E-state index contributed by atoms with van der Waals surface area (Å²) in [6.45, 7) is 2.70. The number of amides is 2. The van der Waals surface area contributed by atoms with E-state index in [9.17, 15) is 4.79 Å². The largest absolute Gasteiger partial charge is 0.337 e. The van der Waals surface area contributed by atoms with Gasteiger partial charge < -0.3 is 5.32 Å². The number of hydrogen-bond donors (Lipinski definition) is 2. The molecule has 0 aromatic carbocycles. The minimum absolute atomic E-state index is 0.226. The summed E-state index contributed by atoms with van der Waals surface area (Å²) in [4.78, 5) is 15.5. The lowest BCUT2D eigenvalue weighted by atomic mass is 10.4. The first-order valence-electron chi connectivity index (χ1n) is 4.81. The molecular weight excluding hydrogens is 290 g/mol. The fourth-order valence-corrected chi connectivity index (χ4v) is 1.41. The van der Waals surface area contributed by atoms with Crippen molar-refractivity contribution in [3.8, 4) is 0 Å². The number of urea groups is 1. The summed E-state index contributed by atoms with van der Waals surface area (Å²) in [5.74, 6) is 0.539. The number of thioether (sulfide) groups is 1. The third-order valence-corrected chi connectivity index (χ3v) is 3.36. The predicted molar refractivity (Wildman–Crippen MR) is 71.9 cm³/mol. The van der Waals surface area contributed by atoms with Crippen LogP contribution in [0, 0.1) is 0 Å². The molecule has 0 aliphatic carbocycles. The van der Waals surface area contributed by atoms with Crippen LogP contribution in [0.4, 0.5) is 10.6 Å². The molecule has 2 N–H and O–H groups in total. The van der Waals surface area contributed by atoms with Gasteiger partial charge in [-0.25, -0.2) is 9.78 Å². The monoisotopic (exact) mass is 303 g/mol. The van der Waals surface area contributed by atoms with Crippen molar-refractivity contribution in [3.63, 3.8) is 0 Å². The van der Waals surface area contributed by atoms with Crippen molar-refractivity contribution in [1.82, 2.24) is 10.3 Å². The molecular formula is C10H14BrN3OS. The fraction of sp³-hybridized carbons (Fsp3) is 0.400. The van der Waals surface area contributed by atoms with Crippen LogP contribution in [-0.2, 0) is 0 Å². The minimum Gasteiger partial charge on any atom is -0.337 e. The molecule has 0 unspecified atom stereocenters. The highest BCUT2D eigenvalue weighted by atomic mass is 79.9. The number of nitrogens with one attached hydrogen (secondary N) is 2. The second-order valence-corrected chi connectivity index (χ2v) is 5.43. The SMILES string of the molecule is CS[C@@H](C)CNC(=O)Nc1ccc(Br)cn1. The van der Waals surface area contributed by atoms with Gasteiger partial charge in [-0.3, -0.25) is 5.32 Å². The van der Waals surface area contributed by atoms with Gasteiger partial charge in [-0.2, -0.15) is 11.8 Å². The summed E-state index contributed by atoms with van der Waals surface area (Å²) >= 11 is 4.99. The van der Waals surface area contributed by atoms with Gasteiger partial charge in [0, 0.05) is 22.5 Å². The second-order valence-electron chi connectivity index (χ2n) is 3.24. The van der Waals surface area contributed by atoms with Crippen molar-refractivity contribution in [2.24, 2.45) is 0 Å². The summed E-state index contributed by atoms with van der Waals surface area (Å²) in [6.07, 6.45) is 3.65. The molecule has 1 rings (SSSR count). The van der Waals surface area contributed by atoms with Crippen LogP contribution in [0.1, 0.15) is 6.92 Å². The lowest BCUT2D eigenvalue weighted by Crippen LogP contribution is -2.33. The Labute approximate surface area is 108 Å². The van der Waals surface area contributed by atoms with Crippen molar-refractivity contribution in [2.45, 2.75) is 12.2 Å². The molecule has 6 heteroatoms. The number of halogens is 1. The Hall–Kier alpha value is -0.750. The lowest BCUT2D eigenvalue weighted by Gasteiger charge is -2.10. The summed E-state index contributed by atoms with van der Waals surface area (Å²) in [5.41, 5.74) is 0. The van der Waals surface area contributed by atoms with E-state index in [2.05, 4.69) is 38.5 Å². The summed E-state index contributed by atoms with van der Waals surface area (Å²) < 4.78 is 0.884. The Bertz CT molecular complexity index is 344. The van der Waals surface area contributed by atoms with Gasteiger partial charge in [0.15, 0.2) is 0 Å². The normalized spacial score (nSPS) is 11.9. The highest BCUT2D eigenvalue weighted by Gasteiger charge is 2.04. The molecule has 0 saturated heterocycles. The Morgan fingerprint density at radius 1 is 1.62 bits per heavy atom. The summed E-state index contributed by atoms with van der Waals surface area (Å²) in [5, 5.41) is 5.84. The number of carbonyl (C=O) groups is 1. The molecule has 0 bridgehead atoms. The van der Waals surface area contributed by atoms with Gasteiger partial charge in [0.25, 0.3) is 0 Å². The minimum atomic E-state index is -0.226. The van der Waals surface area contributed by atoms with E-state index in [1.165, 1.54) is 0 Å². The van der Waals surface area contributed by atoms with Crippen LogP contribution >= 0.6 is 27.7 Å².